The number of carbonyl (C=O) groups is 3. The van der Waals surface area contributed by atoms with Gasteiger partial charge in [-0.15, -0.1) is 0 Å². The average Bonchev–Trinajstić information content (AvgIpc) is 3.13. The summed E-state index contributed by atoms with van der Waals surface area (Å²) in [6.45, 7) is 0.154. The first-order valence-corrected chi connectivity index (χ1v) is 9.05. The van der Waals surface area contributed by atoms with Gasteiger partial charge in [-0.25, -0.2) is 4.79 Å². The second kappa shape index (κ2) is 8.64. The van der Waals surface area contributed by atoms with Crippen LogP contribution in [0.1, 0.15) is 18.0 Å². The number of carbonyl (C=O) groups excluding carboxylic acids is 2. The third-order valence-corrected chi connectivity index (χ3v) is 4.84. The van der Waals surface area contributed by atoms with Gasteiger partial charge in [0.25, 0.3) is 0 Å². The molecule has 2 atom stereocenters. The third kappa shape index (κ3) is 4.31. The lowest BCUT2D eigenvalue weighted by atomic mass is 10.0. The van der Waals surface area contributed by atoms with Crippen LogP contribution in [0, 0.1) is 5.92 Å². The van der Waals surface area contributed by atoms with Gasteiger partial charge in [0.2, 0.25) is 11.8 Å². The van der Waals surface area contributed by atoms with Crippen molar-refractivity contribution in [2.45, 2.75) is 12.5 Å². The Labute approximate surface area is 168 Å². The summed E-state index contributed by atoms with van der Waals surface area (Å²) >= 11 is 0. The molecule has 0 radical (unpaired) electrons. The number of carboxylic acids is 1. The Bertz CT molecular complexity index is 915. The van der Waals surface area contributed by atoms with Gasteiger partial charge in [0.15, 0.2) is 17.5 Å². The number of ether oxygens (including phenoxy) is 2. The zero-order chi connectivity index (χ0) is 21.0. The fraction of sp³-hybridized carbons (Fsp3) is 0.286. The number of anilines is 1. The molecule has 0 saturated carbocycles. The number of nitrogens with zero attached hydrogens (tertiary/aromatic N) is 1. The lowest BCUT2D eigenvalue weighted by Gasteiger charge is -2.20. The Morgan fingerprint density at radius 3 is 2.41 bits per heavy atom. The summed E-state index contributed by atoms with van der Waals surface area (Å²) < 4.78 is 10.5. The summed E-state index contributed by atoms with van der Waals surface area (Å²) in [7, 11) is 3.02. The fourth-order valence-corrected chi connectivity index (χ4v) is 3.32. The van der Waals surface area contributed by atoms with Crippen LogP contribution in [0.4, 0.5) is 5.69 Å². The van der Waals surface area contributed by atoms with E-state index in [1.54, 1.807) is 48.5 Å². The molecule has 2 N–H and O–H groups in total. The lowest BCUT2D eigenvalue weighted by molar-refractivity contribution is -0.142. The SMILES string of the molecule is COc1ccc(N2C[C@@H](C(=O)N[C@@H](C(=O)O)c3ccccc3)CC2=O)cc1OC. The molecular formula is C21H22N2O6. The van der Waals surface area contributed by atoms with Crippen molar-refractivity contribution in [1.29, 1.82) is 0 Å². The smallest absolute Gasteiger partial charge is 0.330 e. The Kier molecular flexibility index (Phi) is 6.01. The molecule has 8 nitrogen and oxygen atoms in total. The predicted molar refractivity (Wildman–Crippen MR) is 105 cm³/mol. The molecule has 1 fully saturated rings. The Morgan fingerprint density at radius 2 is 1.79 bits per heavy atom. The molecule has 1 saturated heterocycles. The average molecular weight is 398 g/mol. The van der Waals surface area contributed by atoms with Crippen LogP contribution in [0.25, 0.3) is 0 Å². The summed E-state index contributed by atoms with van der Waals surface area (Å²) in [5.74, 6) is -1.50. The molecule has 1 heterocycles. The maximum Gasteiger partial charge on any atom is 0.330 e. The summed E-state index contributed by atoms with van der Waals surface area (Å²) in [5, 5.41) is 12.0. The van der Waals surface area contributed by atoms with E-state index in [1.165, 1.54) is 19.1 Å². The topological polar surface area (TPSA) is 105 Å². The molecule has 0 aliphatic carbocycles. The van der Waals surface area contributed by atoms with Crippen LogP contribution >= 0.6 is 0 Å². The normalized spacial score (nSPS) is 17.0. The minimum absolute atomic E-state index is 0.00130. The zero-order valence-corrected chi connectivity index (χ0v) is 16.1. The van der Waals surface area contributed by atoms with Crippen LogP contribution in [-0.2, 0) is 14.4 Å². The molecule has 1 aliphatic heterocycles. The number of hydrogen-bond donors (Lipinski definition) is 2. The molecule has 2 aromatic carbocycles. The standard InChI is InChI=1S/C21H22N2O6/c1-28-16-9-8-15(11-17(16)29-2)23-12-14(10-18(23)24)20(25)22-19(21(26)27)13-6-4-3-5-7-13/h3-9,11,14,19H,10,12H2,1-2H3,(H,22,25)(H,26,27)/t14-,19+/m0/s1. The first kappa shape index (κ1) is 20.2. The quantitative estimate of drug-likeness (QED) is 0.739. The Balaban J connectivity index is 1.74. The zero-order valence-electron chi connectivity index (χ0n) is 16.1. The van der Waals surface area contributed by atoms with Crippen LogP contribution < -0.4 is 19.7 Å². The van der Waals surface area contributed by atoms with Gasteiger partial charge in [0.1, 0.15) is 0 Å². The monoisotopic (exact) mass is 398 g/mol. The highest BCUT2D eigenvalue weighted by Crippen LogP contribution is 2.34. The number of amides is 2. The van der Waals surface area contributed by atoms with Crippen molar-refractivity contribution in [1.82, 2.24) is 5.32 Å². The molecule has 8 heteroatoms. The van der Waals surface area contributed by atoms with Crippen molar-refractivity contribution < 1.29 is 29.0 Å². The molecule has 0 spiro atoms. The number of rotatable bonds is 7. The summed E-state index contributed by atoms with van der Waals surface area (Å²) in [4.78, 5) is 38.3. The van der Waals surface area contributed by atoms with E-state index in [0.29, 0.717) is 22.7 Å². The number of nitrogens with one attached hydrogen (secondary N) is 1. The molecule has 2 aromatic rings. The highest BCUT2D eigenvalue weighted by Gasteiger charge is 2.37. The number of aliphatic carboxylic acids is 1. The second-order valence-electron chi connectivity index (χ2n) is 6.64. The van der Waals surface area contributed by atoms with E-state index >= 15 is 0 Å². The number of carboxylic acid groups (broad SMARTS) is 1. The van der Waals surface area contributed by atoms with Gasteiger partial charge in [0, 0.05) is 24.7 Å². The van der Waals surface area contributed by atoms with Crippen molar-refractivity contribution in [2.24, 2.45) is 5.92 Å². The van der Waals surface area contributed by atoms with E-state index in [9.17, 15) is 19.5 Å². The van der Waals surface area contributed by atoms with Gasteiger partial charge < -0.3 is 24.8 Å². The predicted octanol–water partition coefficient (Wildman–Crippen LogP) is 2.00. The van der Waals surface area contributed by atoms with Gasteiger partial charge in [-0.3, -0.25) is 9.59 Å². The fourth-order valence-electron chi connectivity index (χ4n) is 3.32. The van der Waals surface area contributed by atoms with Gasteiger partial charge in [0.05, 0.1) is 20.1 Å². The van der Waals surface area contributed by atoms with E-state index in [-0.39, 0.29) is 18.9 Å². The number of benzene rings is 2. The van der Waals surface area contributed by atoms with Gasteiger partial charge in [-0.2, -0.15) is 0 Å². The van der Waals surface area contributed by atoms with Crippen LogP contribution in [0.15, 0.2) is 48.5 Å². The molecule has 0 bridgehead atoms. The maximum absolute atomic E-state index is 12.7. The number of hydrogen-bond acceptors (Lipinski definition) is 5. The van der Waals surface area contributed by atoms with Crippen LogP contribution in [-0.4, -0.2) is 43.7 Å². The lowest BCUT2D eigenvalue weighted by Crippen LogP contribution is -2.38. The summed E-state index contributed by atoms with van der Waals surface area (Å²) in [5.41, 5.74) is 1.05. The van der Waals surface area contributed by atoms with Gasteiger partial charge in [-0.05, 0) is 17.7 Å². The Hall–Kier alpha value is -3.55. The summed E-state index contributed by atoms with van der Waals surface area (Å²) in [6.07, 6.45) is 0.00130. The van der Waals surface area contributed by atoms with Crippen molar-refractivity contribution in [3.8, 4) is 11.5 Å². The molecule has 29 heavy (non-hydrogen) atoms. The molecule has 152 valence electrons. The first-order valence-electron chi connectivity index (χ1n) is 9.05. The largest absolute Gasteiger partial charge is 0.493 e. The van der Waals surface area contributed by atoms with E-state index < -0.39 is 23.8 Å². The van der Waals surface area contributed by atoms with E-state index in [1.807, 2.05) is 0 Å². The molecule has 0 aromatic heterocycles. The highest BCUT2D eigenvalue weighted by atomic mass is 16.5. The van der Waals surface area contributed by atoms with Crippen molar-refractivity contribution in [3.63, 3.8) is 0 Å². The van der Waals surface area contributed by atoms with E-state index in [2.05, 4.69) is 5.32 Å². The minimum atomic E-state index is -1.17. The first-order chi connectivity index (χ1) is 13.9. The van der Waals surface area contributed by atoms with Crippen molar-refractivity contribution in [3.05, 3.63) is 54.1 Å². The van der Waals surface area contributed by atoms with Crippen LogP contribution in [0.2, 0.25) is 0 Å². The molecule has 0 unspecified atom stereocenters. The van der Waals surface area contributed by atoms with E-state index in [4.69, 9.17) is 9.47 Å². The van der Waals surface area contributed by atoms with Crippen LogP contribution in [0.3, 0.4) is 0 Å². The highest BCUT2D eigenvalue weighted by molar-refractivity contribution is 6.01. The maximum atomic E-state index is 12.7. The third-order valence-electron chi connectivity index (χ3n) is 4.84. The molecule has 2 amide bonds. The molecule has 3 rings (SSSR count). The van der Waals surface area contributed by atoms with E-state index in [0.717, 1.165) is 0 Å². The number of methoxy groups -OCH3 is 2. The van der Waals surface area contributed by atoms with Crippen molar-refractivity contribution in [2.75, 3.05) is 25.7 Å². The summed E-state index contributed by atoms with van der Waals surface area (Å²) in [6, 6.07) is 12.3. The van der Waals surface area contributed by atoms with Gasteiger partial charge in [-0.1, -0.05) is 30.3 Å². The van der Waals surface area contributed by atoms with Gasteiger partial charge >= 0.3 is 5.97 Å². The molecular weight excluding hydrogens is 376 g/mol. The minimum Gasteiger partial charge on any atom is -0.493 e. The Morgan fingerprint density at radius 1 is 1.10 bits per heavy atom. The second-order valence-corrected chi connectivity index (χ2v) is 6.64. The molecule has 1 aliphatic rings. The van der Waals surface area contributed by atoms with Crippen molar-refractivity contribution >= 4 is 23.5 Å². The van der Waals surface area contributed by atoms with Crippen LogP contribution in [0.5, 0.6) is 11.5 Å².